The fourth-order valence-corrected chi connectivity index (χ4v) is 1.28. The molecule has 0 radical (unpaired) electrons. The summed E-state index contributed by atoms with van der Waals surface area (Å²) in [5.74, 6) is 0.713. The summed E-state index contributed by atoms with van der Waals surface area (Å²) in [6.45, 7) is 2.81. The fraction of sp³-hybridized carbons (Fsp3) is 1.00. The predicted molar refractivity (Wildman–Crippen MR) is 44.5 cm³/mol. The number of rotatable bonds is 5. The van der Waals surface area contributed by atoms with Crippen molar-refractivity contribution in [2.24, 2.45) is 5.92 Å². The van der Waals surface area contributed by atoms with Gasteiger partial charge in [-0.1, -0.05) is 0 Å². The van der Waals surface area contributed by atoms with E-state index < -0.39 is 6.43 Å². The van der Waals surface area contributed by atoms with Crippen LogP contribution in [-0.4, -0.2) is 44.6 Å². The average molecular weight is 178 g/mol. The first kappa shape index (κ1) is 9.86. The Labute approximate surface area is 71.9 Å². The number of nitrogens with one attached hydrogen (secondary N) is 1. The Balaban J connectivity index is 1.97. The molecule has 0 aliphatic carbocycles. The van der Waals surface area contributed by atoms with Crippen molar-refractivity contribution in [2.45, 2.75) is 12.8 Å². The summed E-state index contributed by atoms with van der Waals surface area (Å²) in [5, 5.41) is 3.16. The smallest absolute Gasteiger partial charge is 0.251 e. The van der Waals surface area contributed by atoms with Crippen LogP contribution in [0.3, 0.4) is 0 Å². The Morgan fingerprint density at radius 3 is 2.58 bits per heavy atom. The molecule has 1 heterocycles. The molecule has 0 bridgehead atoms. The largest absolute Gasteiger partial charge is 0.316 e. The number of hydrogen-bond acceptors (Lipinski definition) is 2. The Morgan fingerprint density at radius 2 is 2.17 bits per heavy atom. The molecule has 1 N–H and O–H groups in total. The van der Waals surface area contributed by atoms with Gasteiger partial charge < -0.3 is 10.2 Å². The first-order chi connectivity index (χ1) is 5.68. The summed E-state index contributed by atoms with van der Waals surface area (Å²) >= 11 is 0. The Hall–Kier alpha value is -0.220. The molecule has 1 fully saturated rings. The minimum atomic E-state index is -2.20. The van der Waals surface area contributed by atoms with Crippen LogP contribution in [0.15, 0.2) is 0 Å². The highest BCUT2D eigenvalue weighted by Crippen LogP contribution is 2.08. The Bertz CT molecular complexity index is 126. The second-order valence-electron chi connectivity index (χ2n) is 3.47. The molecule has 0 amide bonds. The summed E-state index contributed by atoms with van der Waals surface area (Å²) in [5.41, 5.74) is 0. The van der Waals surface area contributed by atoms with Crippen molar-refractivity contribution in [3.05, 3.63) is 0 Å². The molecular weight excluding hydrogens is 162 g/mol. The van der Waals surface area contributed by atoms with Gasteiger partial charge in [-0.3, -0.25) is 0 Å². The van der Waals surface area contributed by atoms with E-state index in [1.165, 1.54) is 0 Å². The van der Waals surface area contributed by atoms with Gasteiger partial charge in [0.1, 0.15) is 0 Å². The van der Waals surface area contributed by atoms with E-state index in [1.54, 1.807) is 11.9 Å². The van der Waals surface area contributed by atoms with Crippen molar-refractivity contribution < 1.29 is 8.78 Å². The number of halogens is 2. The summed E-state index contributed by atoms with van der Waals surface area (Å²) in [4.78, 5) is 1.70. The molecule has 0 aromatic heterocycles. The van der Waals surface area contributed by atoms with E-state index >= 15 is 0 Å². The molecule has 0 saturated carbocycles. The van der Waals surface area contributed by atoms with E-state index in [-0.39, 0.29) is 6.54 Å². The zero-order valence-electron chi connectivity index (χ0n) is 7.39. The van der Waals surface area contributed by atoms with Gasteiger partial charge in [0, 0.05) is 0 Å². The van der Waals surface area contributed by atoms with Gasteiger partial charge in [-0.05, 0) is 39.0 Å². The highest BCUT2D eigenvalue weighted by molar-refractivity contribution is 4.75. The molecule has 12 heavy (non-hydrogen) atoms. The van der Waals surface area contributed by atoms with E-state index in [1.807, 2.05) is 0 Å². The molecule has 2 nitrogen and oxygen atoms in total. The number of nitrogens with zero attached hydrogens (tertiary/aromatic N) is 1. The quantitative estimate of drug-likeness (QED) is 0.669. The van der Waals surface area contributed by atoms with E-state index in [0.717, 1.165) is 26.1 Å². The van der Waals surface area contributed by atoms with Crippen LogP contribution >= 0.6 is 0 Å². The molecule has 0 aromatic rings. The maximum absolute atomic E-state index is 11.9. The van der Waals surface area contributed by atoms with Crippen LogP contribution in [0.2, 0.25) is 0 Å². The molecule has 0 aromatic carbocycles. The molecule has 1 saturated heterocycles. The molecule has 0 atom stereocenters. The van der Waals surface area contributed by atoms with Crippen LogP contribution in [0, 0.1) is 5.92 Å². The normalized spacial score (nSPS) is 18.8. The maximum Gasteiger partial charge on any atom is 0.251 e. The highest BCUT2D eigenvalue weighted by atomic mass is 19.3. The van der Waals surface area contributed by atoms with Gasteiger partial charge in [0.2, 0.25) is 0 Å². The minimum absolute atomic E-state index is 0.0971. The lowest BCUT2D eigenvalue weighted by Gasteiger charge is -2.28. The van der Waals surface area contributed by atoms with Crippen LogP contribution in [0.4, 0.5) is 8.78 Å². The third-order valence-corrected chi connectivity index (χ3v) is 2.23. The zero-order chi connectivity index (χ0) is 8.97. The summed E-state index contributed by atoms with van der Waals surface area (Å²) in [6, 6.07) is 0. The third-order valence-electron chi connectivity index (χ3n) is 2.23. The molecule has 72 valence electrons. The van der Waals surface area contributed by atoms with Crippen molar-refractivity contribution in [1.82, 2.24) is 10.2 Å². The average Bonchev–Trinajstić information content (AvgIpc) is 1.81. The Morgan fingerprint density at radius 1 is 1.50 bits per heavy atom. The van der Waals surface area contributed by atoms with Crippen LogP contribution in [-0.2, 0) is 0 Å². The first-order valence-corrected chi connectivity index (χ1v) is 4.36. The first-order valence-electron chi connectivity index (χ1n) is 4.36. The van der Waals surface area contributed by atoms with Gasteiger partial charge in [0.25, 0.3) is 6.43 Å². The van der Waals surface area contributed by atoms with Gasteiger partial charge in [0.05, 0.1) is 6.54 Å². The van der Waals surface area contributed by atoms with Crippen molar-refractivity contribution in [3.63, 3.8) is 0 Å². The highest BCUT2D eigenvalue weighted by Gasteiger charge is 2.17. The summed E-state index contributed by atoms with van der Waals surface area (Å²) in [7, 11) is 1.75. The molecule has 1 aliphatic heterocycles. The topological polar surface area (TPSA) is 15.3 Å². The van der Waals surface area contributed by atoms with Gasteiger partial charge >= 0.3 is 0 Å². The molecule has 1 rings (SSSR count). The van der Waals surface area contributed by atoms with Crippen LogP contribution in [0.25, 0.3) is 0 Å². The van der Waals surface area contributed by atoms with E-state index in [9.17, 15) is 8.78 Å². The van der Waals surface area contributed by atoms with Crippen molar-refractivity contribution in [3.8, 4) is 0 Å². The Kier molecular flexibility index (Phi) is 3.88. The molecule has 4 heteroatoms. The van der Waals surface area contributed by atoms with E-state index in [2.05, 4.69) is 5.32 Å². The molecule has 0 unspecified atom stereocenters. The molecule has 1 aliphatic rings. The lowest BCUT2D eigenvalue weighted by molar-refractivity contribution is 0.0960. The van der Waals surface area contributed by atoms with Crippen LogP contribution < -0.4 is 5.32 Å². The number of alkyl halides is 2. The maximum atomic E-state index is 11.9. The summed E-state index contributed by atoms with van der Waals surface area (Å²) in [6.07, 6.45) is -1.16. The third kappa shape index (κ3) is 3.45. The zero-order valence-corrected chi connectivity index (χ0v) is 7.39. The minimum Gasteiger partial charge on any atom is -0.316 e. The SMILES string of the molecule is CN(CCC1CNC1)CC(F)F. The predicted octanol–water partition coefficient (Wildman–Crippen LogP) is 0.793. The van der Waals surface area contributed by atoms with Gasteiger partial charge in [-0.15, -0.1) is 0 Å². The molecular formula is C8H16F2N2. The lowest BCUT2D eigenvalue weighted by atomic mass is 9.99. The number of hydrogen-bond donors (Lipinski definition) is 1. The second-order valence-corrected chi connectivity index (χ2v) is 3.47. The van der Waals surface area contributed by atoms with Crippen molar-refractivity contribution >= 4 is 0 Å². The van der Waals surface area contributed by atoms with Crippen molar-refractivity contribution in [2.75, 3.05) is 33.2 Å². The second kappa shape index (κ2) is 4.72. The van der Waals surface area contributed by atoms with Crippen LogP contribution in [0.5, 0.6) is 0 Å². The fourth-order valence-electron chi connectivity index (χ4n) is 1.28. The molecule has 0 spiro atoms. The standard InChI is InChI=1S/C8H16F2N2/c1-12(6-8(9)10)3-2-7-4-11-5-7/h7-8,11H,2-6H2,1H3. The monoisotopic (exact) mass is 178 g/mol. The lowest BCUT2D eigenvalue weighted by Crippen LogP contribution is -2.43. The van der Waals surface area contributed by atoms with Crippen LogP contribution in [0.1, 0.15) is 6.42 Å². The van der Waals surface area contributed by atoms with Crippen molar-refractivity contribution in [1.29, 1.82) is 0 Å². The summed E-state index contributed by atoms with van der Waals surface area (Å²) < 4.78 is 23.7. The van der Waals surface area contributed by atoms with Gasteiger partial charge in [-0.25, -0.2) is 8.78 Å². The van der Waals surface area contributed by atoms with E-state index in [0.29, 0.717) is 5.92 Å². The van der Waals surface area contributed by atoms with E-state index in [4.69, 9.17) is 0 Å². The van der Waals surface area contributed by atoms with Gasteiger partial charge in [-0.2, -0.15) is 0 Å². The van der Waals surface area contributed by atoms with Gasteiger partial charge in [0.15, 0.2) is 0 Å².